The van der Waals surface area contributed by atoms with Crippen LogP contribution in [0.15, 0.2) is 54.6 Å². The number of halogens is 1. The van der Waals surface area contributed by atoms with Gasteiger partial charge >= 0.3 is 0 Å². The molecule has 0 spiro atoms. The fourth-order valence-electron chi connectivity index (χ4n) is 3.58. The Hall–Kier alpha value is -2.51. The molecule has 1 aromatic heterocycles. The number of hydrogen-bond acceptors (Lipinski definition) is 4. The molecule has 0 bridgehead atoms. The van der Waals surface area contributed by atoms with Gasteiger partial charge in [-0.1, -0.05) is 30.3 Å². The summed E-state index contributed by atoms with van der Waals surface area (Å²) in [5, 5.41) is 4.67. The maximum Gasteiger partial charge on any atom is 0.199 e. The second-order valence-corrected chi connectivity index (χ2v) is 7.49. The topological polar surface area (TPSA) is 29.2 Å². The van der Waals surface area contributed by atoms with Crippen LogP contribution in [0.2, 0.25) is 0 Å². The van der Waals surface area contributed by atoms with Crippen molar-refractivity contribution in [2.24, 2.45) is 0 Å². The van der Waals surface area contributed by atoms with Crippen molar-refractivity contribution in [3.63, 3.8) is 0 Å². The molecule has 2 heterocycles. The fraction of sp³-hybridized carbons (Fsp3) is 0.333. The smallest absolute Gasteiger partial charge is 0.199 e. The molecule has 0 saturated carbocycles. The number of piperazine rings is 1. The zero-order valence-corrected chi connectivity index (χ0v) is 16.8. The van der Waals surface area contributed by atoms with Gasteiger partial charge in [-0.05, 0) is 49.0 Å². The Morgan fingerprint density at radius 1 is 0.964 bits per heavy atom. The highest BCUT2D eigenvalue weighted by Gasteiger charge is 2.19. The van der Waals surface area contributed by atoms with E-state index in [9.17, 15) is 4.39 Å². The standard InChI is InChI=1S/C21H24FN5S/c1-17-23-27(21(28)26(17)15-18-5-3-2-4-6-18)16-24-11-13-25(14-12-24)20-9-7-19(22)8-10-20/h2-10H,11-16H2,1H3. The molecule has 2 aromatic carbocycles. The van der Waals surface area contributed by atoms with Crippen LogP contribution in [-0.2, 0) is 13.2 Å². The molecule has 146 valence electrons. The SMILES string of the molecule is Cc1nn(CN2CCN(c3ccc(F)cc3)CC2)c(=S)n1Cc1ccccc1. The van der Waals surface area contributed by atoms with Gasteiger partial charge in [0.05, 0.1) is 13.2 Å². The van der Waals surface area contributed by atoms with Gasteiger partial charge in [-0.25, -0.2) is 9.07 Å². The molecule has 7 heteroatoms. The lowest BCUT2D eigenvalue weighted by molar-refractivity contribution is 0.194. The minimum Gasteiger partial charge on any atom is -0.369 e. The van der Waals surface area contributed by atoms with E-state index in [1.807, 2.05) is 41.9 Å². The molecule has 4 rings (SSSR count). The molecule has 0 atom stereocenters. The molecular weight excluding hydrogens is 373 g/mol. The van der Waals surface area contributed by atoms with Crippen LogP contribution < -0.4 is 4.90 Å². The van der Waals surface area contributed by atoms with Crippen LogP contribution in [0.5, 0.6) is 0 Å². The summed E-state index contributed by atoms with van der Waals surface area (Å²) >= 11 is 5.68. The van der Waals surface area contributed by atoms with Crippen LogP contribution in [0, 0.1) is 17.5 Å². The van der Waals surface area contributed by atoms with E-state index in [1.165, 1.54) is 17.7 Å². The maximum atomic E-state index is 13.1. The monoisotopic (exact) mass is 397 g/mol. The molecule has 0 N–H and O–H groups in total. The van der Waals surface area contributed by atoms with Gasteiger partial charge in [0.15, 0.2) is 4.77 Å². The minimum atomic E-state index is -0.196. The molecule has 0 aliphatic carbocycles. The average Bonchev–Trinajstić information content (AvgIpc) is 2.97. The number of aryl methyl sites for hydroxylation is 1. The highest BCUT2D eigenvalue weighted by molar-refractivity contribution is 7.71. The number of aromatic nitrogens is 3. The second kappa shape index (κ2) is 8.24. The van der Waals surface area contributed by atoms with Crippen molar-refractivity contribution in [2.45, 2.75) is 20.1 Å². The number of rotatable bonds is 5. The lowest BCUT2D eigenvalue weighted by Gasteiger charge is -2.35. The highest BCUT2D eigenvalue weighted by atomic mass is 32.1. The van der Waals surface area contributed by atoms with Gasteiger partial charge in [0, 0.05) is 31.9 Å². The van der Waals surface area contributed by atoms with E-state index in [4.69, 9.17) is 12.2 Å². The summed E-state index contributed by atoms with van der Waals surface area (Å²) in [6, 6.07) is 17.0. The third kappa shape index (κ3) is 4.15. The zero-order valence-electron chi connectivity index (χ0n) is 16.0. The predicted molar refractivity (Wildman–Crippen MR) is 112 cm³/mol. The zero-order chi connectivity index (χ0) is 19.5. The van der Waals surface area contributed by atoms with E-state index in [1.54, 1.807) is 0 Å². The summed E-state index contributed by atoms with van der Waals surface area (Å²) in [5.41, 5.74) is 2.29. The van der Waals surface area contributed by atoms with E-state index in [2.05, 4.69) is 31.6 Å². The molecule has 1 saturated heterocycles. The molecule has 1 aliphatic rings. The van der Waals surface area contributed by atoms with Gasteiger partial charge in [-0.15, -0.1) is 0 Å². The average molecular weight is 398 g/mol. The summed E-state index contributed by atoms with van der Waals surface area (Å²) in [4.78, 5) is 4.64. The summed E-state index contributed by atoms with van der Waals surface area (Å²) in [6.45, 7) is 7.09. The van der Waals surface area contributed by atoms with Gasteiger partial charge in [0.2, 0.25) is 0 Å². The normalized spacial score (nSPS) is 15.1. The summed E-state index contributed by atoms with van der Waals surface area (Å²) in [7, 11) is 0. The van der Waals surface area contributed by atoms with Crippen molar-refractivity contribution in [2.75, 3.05) is 31.1 Å². The van der Waals surface area contributed by atoms with Crippen LogP contribution in [0.3, 0.4) is 0 Å². The van der Waals surface area contributed by atoms with Gasteiger partial charge in [-0.2, -0.15) is 5.10 Å². The van der Waals surface area contributed by atoms with Crippen molar-refractivity contribution in [3.05, 3.63) is 76.6 Å². The Morgan fingerprint density at radius 3 is 2.32 bits per heavy atom. The first-order valence-electron chi connectivity index (χ1n) is 9.51. The van der Waals surface area contributed by atoms with Crippen molar-refractivity contribution in [1.29, 1.82) is 0 Å². The van der Waals surface area contributed by atoms with Crippen LogP contribution >= 0.6 is 12.2 Å². The second-order valence-electron chi connectivity index (χ2n) is 7.12. The largest absolute Gasteiger partial charge is 0.369 e. The Balaban J connectivity index is 1.39. The molecule has 28 heavy (non-hydrogen) atoms. The first-order valence-corrected chi connectivity index (χ1v) is 9.92. The van der Waals surface area contributed by atoms with E-state index in [0.29, 0.717) is 6.67 Å². The third-order valence-corrected chi connectivity index (χ3v) is 5.62. The van der Waals surface area contributed by atoms with E-state index < -0.39 is 0 Å². The van der Waals surface area contributed by atoms with E-state index in [0.717, 1.165) is 49.0 Å². The minimum absolute atomic E-state index is 0.196. The molecule has 0 unspecified atom stereocenters. The van der Waals surface area contributed by atoms with Gasteiger partial charge in [0.25, 0.3) is 0 Å². The molecule has 0 amide bonds. The Labute approximate surface area is 169 Å². The summed E-state index contributed by atoms with van der Waals surface area (Å²) in [5.74, 6) is 0.733. The van der Waals surface area contributed by atoms with Crippen molar-refractivity contribution in [3.8, 4) is 0 Å². The number of hydrogen-bond donors (Lipinski definition) is 0. The van der Waals surface area contributed by atoms with Crippen LogP contribution in [0.25, 0.3) is 0 Å². The van der Waals surface area contributed by atoms with Crippen LogP contribution in [0.4, 0.5) is 10.1 Å². The molecule has 1 fully saturated rings. The summed E-state index contributed by atoms with van der Waals surface area (Å²) in [6.07, 6.45) is 0. The van der Waals surface area contributed by atoms with E-state index in [-0.39, 0.29) is 5.82 Å². The first-order chi connectivity index (χ1) is 13.6. The highest BCUT2D eigenvalue weighted by Crippen LogP contribution is 2.17. The predicted octanol–water partition coefficient (Wildman–Crippen LogP) is 3.69. The number of anilines is 1. The maximum absolute atomic E-state index is 13.1. The van der Waals surface area contributed by atoms with Crippen molar-refractivity contribution >= 4 is 17.9 Å². The molecule has 5 nitrogen and oxygen atoms in total. The number of benzene rings is 2. The summed E-state index contributed by atoms with van der Waals surface area (Å²) < 4.78 is 17.9. The van der Waals surface area contributed by atoms with Gasteiger partial charge in [0.1, 0.15) is 11.6 Å². The van der Waals surface area contributed by atoms with Crippen LogP contribution in [-0.4, -0.2) is 45.4 Å². The Bertz CT molecular complexity index is 972. The quantitative estimate of drug-likeness (QED) is 0.614. The Morgan fingerprint density at radius 2 is 1.64 bits per heavy atom. The Kier molecular flexibility index (Phi) is 5.54. The van der Waals surface area contributed by atoms with Crippen molar-refractivity contribution < 1.29 is 4.39 Å². The van der Waals surface area contributed by atoms with Gasteiger partial charge in [-0.3, -0.25) is 9.47 Å². The van der Waals surface area contributed by atoms with Crippen molar-refractivity contribution in [1.82, 2.24) is 19.2 Å². The third-order valence-electron chi connectivity index (χ3n) is 5.19. The lowest BCUT2D eigenvalue weighted by Crippen LogP contribution is -2.47. The molecule has 1 aliphatic heterocycles. The lowest BCUT2D eigenvalue weighted by atomic mass is 10.2. The first kappa shape index (κ1) is 18.8. The molecule has 3 aromatic rings. The van der Waals surface area contributed by atoms with Crippen LogP contribution in [0.1, 0.15) is 11.4 Å². The van der Waals surface area contributed by atoms with Gasteiger partial charge < -0.3 is 4.90 Å². The molecule has 0 radical (unpaired) electrons. The number of nitrogens with zero attached hydrogens (tertiary/aromatic N) is 5. The fourth-order valence-corrected chi connectivity index (χ4v) is 3.87. The molecular formula is C21H24FN5S. The van der Waals surface area contributed by atoms with E-state index >= 15 is 0 Å².